The van der Waals surface area contributed by atoms with Crippen LogP contribution in [0.15, 0.2) is 54.1 Å². The normalized spacial score (nSPS) is 19.1. The molecular weight excluding hydrogens is 525 g/mol. The second-order valence-corrected chi connectivity index (χ2v) is 10.7. The summed E-state index contributed by atoms with van der Waals surface area (Å²) in [5.74, 6) is 1.66. The Morgan fingerprint density at radius 2 is 1.91 bits per heavy atom. The number of halogens is 1. The highest BCUT2D eigenvalue weighted by Gasteiger charge is 2.41. The number of fused-ring (bicyclic) bond motifs is 4. The number of benzene rings is 3. The number of ether oxygens (including phenoxy) is 2. The van der Waals surface area contributed by atoms with Gasteiger partial charge in [0.05, 0.1) is 23.3 Å². The summed E-state index contributed by atoms with van der Waals surface area (Å²) in [5, 5.41) is 6.10. The summed E-state index contributed by atoms with van der Waals surface area (Å²) < 4.78 is 12.5. The number of hydrogen-bond acceptors (Lipinski definition) is 4. The van der Waals surface area contributed by atoms with Crippen molar-refractivity contribution in [2.75, 3.05) is 19.0 Å². The van der Waals surface area contributed by atoms with Crippen LogP contribution in [0.1, 0.15) is 50.8 Å². The zero-order chi connectivity index (χ0) is 23.3. The number of hydrogen-bond donors (Lipinski definition) is 1. The Bertz CT molecular complexity index is 1310. The maximum absolute atomic E-state index is 13.6. The van der Waals surface area contributed by atoms with Crippen molar-refractivity contribution >= 4 is 50.4 Å². The van der Waals surface area contributed by atoms with Crippen LogP contribution in [-0.2, 0) is 4.79 Å². The number of nitrogens with one attached hydrogen (secondary N) is 1. The molecule has 0 amide bonds. The molecule has 1 heterocycles. The molecule has 4 nitrogen and oxygen atoms in total. The van der Waals surface area contributed by atoms with E-state index in [9.17, 15) is 4.79 Å². The van der Waals surface area contributed by atoms with Crippen molar-refractivity contribution in [2.45, 2.75) is 39.7 Å². The molecule has 33 heavy (non-hydrogen) atoms. The minimum atomic E-state index is -0.226. The van der Waals surface area contributed by atoms with Crippen molar-refractivity contribution in [2.24, 2.45) is 5.41 Å². The molecule has 1 N–H and O–H groups in total. The minimum absolute atomic E-state index is 0.0726. The van der Waals surface area contributed by atoms with Gasteiger partial charge in [-0.25, -0.2) is 0 Å². The molecule has 0 fully saturated rings. The highest BCUT2D eigenvalue weighted by Crippen LogP contribution is 2.52. The zero-order valence-corrected chi connectivity index (χ0v) is 21.6. The Labute approximate surface area is 208 Å². The van der Waals surface area contributed by atoms with E-state index in [-0.39, 0.29) is 17.2 Å². The molecule has 1 atom stereocenters. The molecule has 5 rings (SSSR count). The number of carbonyl (C=O) groups excluding carboxylic acids is 1. The van der Waals surface area contributed by atoms with Crippen LogP contribution < -0.4 is 14.8 Å². The summed E-state index contributed by atoms with van der Waals surface area (Å²) in [6, 6.07) is 16.6. The summed E-state index contributed by atoms with van der Waals surface area (Å²) >= 11 is 2.28. The lowest BCUT2D eigenvalue weighted by molar-refractivity contribution is -0.118. The summed E-state index contributed by atoms with van der Waals surface area (Å²) in [6.07, 6.45) is 1.43. The van der Waals surface area contributed by atoms with Crippen LogP contribution in [0, 0.1) is 8.99 Å². The van der Waals surface area contributed by atoms with Crippen LogP contribution >= 0.6 is 22.6 Å². The average molecular weight is 553 g/mol. The number of carbonyl (C=O) groups is 1. The van der Waals surface area contributed by atoms with E-state index in [4.69, 9.17) is 9.47 Å². The maximum atomic E-state index is 13.6. The van der Waals surface area contributed by atoms with Gasteiger partial charge in [0.15, 0.2) is 17.3 Å². The summed E-state index contributed by atoms with van der Waals surface area (Å²) in [7, 11) is 1.66. The Morgan fingerprint density at radius 3 is 2.67 bits per heavy atom. The van der Waals surface area contributed by atoms with Crippen molar-refractivity contribution in [3.8, 4) is 11.5 Å². The molecule has 0 unspecified atom stereocenters. The highest BCUT2D eigenvalue weighted by molar-refractivity contribution is 14.1. The van der Waals surface area contributed by atoms with Gasteiger partial charge in [-0.2, -0.15) is 0 Å². The predicted molar refractivity (Wildman–Crippen MR) is 142 cm³/mol. The van der Waals surface area contributed by atoms with Gasteiger partial charge in [-0.15, -0.1) is 0 Å². The van der Waals surface area contributed by atoms with Crippen LogP contribution in [0.4, 0.5) is 5.69 Å². The molecule has 0 radical (unpaired) electrons. The molecule has 3 aromatic rings. The van der Waals surface area contributed by atoms with Gasteiger partial charge in [-0.3, -0.25) is 4.79 Å². The monoisotopic (exact) mass is 553 g/mol. The van der Waals surface area contributed by atoms with Gasteiger partial charge in [-0.05, 0) is 81.5 Å². The fourth-order valence-corrected chi connectivity index (χ4v) is 6.15. The second kappa shape index (κ2) is 8.35. The van der Waals surface area contributed by atoms with Crippen molar-refractivity contribution in [1.82, 2.24) is 0 Å². The van der Waals surface area contributed by atoms with Gasteiger partial charge in [0.25, 0.3) is 0 Å². The quantitative estimate of drug-likeness (QED) is 0.349. The van der Waals surface area contributed by atoms with E-state index >= 15 is 0 Å². The number of anilines is 1. The van der Waals surface area contributed by atoms with Gasteiger partial charge in [-0.1, -0.05) is 44.2 Å². The Kier molecular flexibility index (Phi) is 5.63. The molecule has 0 aromatic heterocycles. The summed E-state index contributed by atoms with van der Waals surface area (Å²) in [5.41, 5.74) is 5.26. The van der Waals surface area contributed by atoms with E-state index in [1.807, 2.05) is 13.0 Å². The van der Waals surface area contributed by atoms with Crippen molar-refractivity contribution in [3.05, 3.63) is 68.8 Å². The third-order valence-electron chi connectivity index (χ3n) is 6.61. The summed E-state index contributed by atoms with van der Waals surface area (Å²) in [4.78, 5) is 13.6. The Balaban J connectivity index is 1.76. The topological polar surface area (TPSA) is 47.6 Å². The maximum Gasteiger partial charge on any atom is 0.174 e. The first-order chi connectivity index (χ1) is 15.8. The lowest BCUT2D eigenvalue weighted by Crippen LogP contribution is -2.33. The van der Waals surface area contributed by atoms with Gasteiger partial charge < -0.3 is 14.8 Å². The molecule has 0 saturated heterocycles. The molecule has 0 bridgehead atoms. The van der Waals surface area contributed by atoms with Crippen LogP contribution in [0.3, 0.4) is 0 Å². The van der Waals surface area contributed by atoms with Crippen molar-refractivity contribution < 1.29 is 14.3 Å². The molecule has 1 aliphatic heterocycles. The zero-order valence-electron chi connectivity index (χ0n) is 19.4. The van der Waals surface area contributed by atoms with Crippen LogP contribution in [0.2, 0.25) is 0 Å². The largest absolute Gasteiger partial charge is 0.492 e. The van der Waals surface area contributed by atoms with Gasteiger partial charge in [0, 0.05) is 23.2 Å². The molecular formula is C28H28INO3. The first-order valence-electron chi connectivity index (χ1n) is 11.4. The van der Waals surface area contributed by atoms with Crippen molar-refractivity contribution in [1.29, 1.82) is 0 Å². The average Bonchev–Trinajstić information content (AvgIpc) is 2.77. The standard InChI is InChI=1S/C28H28INO3/c1-5-33-23-13-17(12-20(29)27(23)32-4)26-25-19(14-28(2,3)15-22(25)31)24-18-9-7-6-8-16(18)10-11-21(24)30-26/h6-13,26,30H,5,14-15H2,1-4H3/t26-/m1/s1. The molecule has 3 aromatic carbocycles. The number of rotatable bonds is 4. The number of Topliss-reactive ketones (excluding diaryl/α,β-unsaturated/α-hetero) is 1. The van der Waals surface area contributed by atoms with E-state index in [2.05, 4.69) is 84.2 Å². The second-order valence-electron chi connectivity index (χ2n) is 9.59. The molecule has 2 aliphatic rings. The summed E-state index contributed by atoms with van der Waals surface area (Å²) in [6.45, 7) is 6.90. The fraction of sp³-hybridized carbons (Fsp3) is 0.321. The molecule has 170 valence electrons. The van der Waals surface area contributed by atoms with E-state index in [1.165, 1.54) is 21.9 Å². The molecule has 1 aliphatic carbocycles. The Hall–Kier alpha value is -2.54. The molecule has 5 heteroatoms. The van der Waals surface area contributed by atoms with Gasteiger partial charge >= 0.3 is 0 Å². The Morgan fingerprint density at radius 1 is 1.12 bits per heavy atom. The van der Waals surface area contributed by atoms with Gasteiger partial charge in [0.1, 0.15) is 0 Å². The first-order valence-corrected chi connectivity index (χ1v) is 12.5. The SMILES string of the molecule is CCOc1cc([C@H]2Nc3ccc4ccccc4c3C3=C2C(=O)CC(C)(C)C3)cc(I)c1OC. The first kappa shape index (κ1) is 22.3. The van der Waals surface area contributed by atoms with Crippen LogP contribution in [0.5, 0.6) is 11.5 Å². The molecule has 0 saturated carbocycles. The lowest BCUT2D eigenvalue weighted by Gasteiger charge is -2.40. The number of allylic oxidation sites excluding steroid dienone is 1. The predicted octanol–water partition coefficient (Wildman–Crippen LogP) is 7.16. The number of ketones is 1. The van der Waals surface area contributed by atoms with E-state index in [1.54, 1.807) is 7.11 Å². The fourth-order valence-electron chi connectivity index (χ4n) is 5.30. The highest BCUT2D eigenvalue weighted by atomic mass is 127. The smallest absolute Gasteiger partial charge is 0.174 e. The third-order valence-corrected chi connectivity index (χ3v) is 7.41. The van der Waals surface area contributed by atoms with Gasteiger partial charge in [0.2, 0.25) is 0 Å². The molecule has 0 spiro atoms. The van der Waals surface area contributed by atoms with E-state index in [0.717, 1.165) is 32.6 Å². The van der Waals surface area contributed by atoms with Crippen molar-refractivity contribution in [3.63, 3.8) is 0 Å². The van der Waals surface area contributed by atoms with E-state index in [0.29, 0.717) is 18.8 Å². The van der Waals surface area contributed by atoms with E-state index < -0.39 is 0 Å². The van der Waals surface area contributed by atoms with Crippen LogP contribution in [-0.4, -0.2) is 19.5 Å². The van der Waals surface area contributed by atoms with Crippen LogP contribution in [0.25, 0.3) is 16.3 Å². The lowest BCUT2D eigenvalue weighted by atomic mass is 9.68. The number of methoxy groups -OCH3 is 1. The minimum Gasteiger partial charge on any atom is -0.492 e. The third kappa shape index (κ3) is 3.80.